The van der Waals surface area contributed by atoms with Crippen LogP contribution < -0.4 is 5.73 Å². The van der Waals surface area contributed by atoms with E-state index in [1.54, 1.807) is 0 Å². The number of carbonyl (C=O) groups excluding carboxylic acids is 1. The molecule has 2 atom stereocenters. The lowest BCUT2D eigenvalue weighted by molar-refractivity contribution is -0.130. The molecule has 0 aliphatic carbocycles. The Bertz CT molecular complexity index is 226. The first-order valence-corrected chi connectivity index (χ1v) is 6.35. The Labute approximate surface area is 98.8 Å². The second-order valence-corrected chi connectivity index (χ2v) is 4.68. The van der Waals surface area contributed by atoms with Crippen molar-refractivity contribution in [2.45, 2.75) is 45.7 Å². The predicted octanol–water partition coefficient (Wildman–Crippen LogP) is 0.666. The van der Waals surface area contributed by atoms with Crippen LogP contribution >= 0.6 is 0 Å². The van der Waals surface area contributed by atoms with Gasteiger partial charge in [0.25, 0.3) is 0 Å². The summed E-state index contributed by atoms with van der Waals surface area (Å²) >= 11 is 0. The third-order valence-corrected chi connectivity index (χ3v) is 3.34. The van der Waals surface area contributed by atoms with Gasteiger partial charge in [0.2, 0.25) is 5.91 Å². The van der Waals surface area contributed by atoms with Crippen molar-refractivity contribution in [2.24, 2.45) is 5.73 Å². The van der Waals surface area contributed by atoms with Crippen molar-refractivity contribution in [1.29, 1.82) is 0 Å². The molecule has 94 valence electrons. The fraction of sp³-hybridized carbons (Fsp3) is 0.917. The number of likely N-dealkylation sites (tertiary alicyclic amines) is 1. The van der Waals surface area contributed by atoms with Gasteiger partial charge in [0.05, 0.1) is 0 Å². The van der Waals surface area contributed by atoms with E-state index >= 15 is 0 Å². The standard InChI is InChI=1S/C12H25N3O/c1-4-14(5-2)11-6-7-15(9-11)12(16)8-10(3)13/h10-11H,4-9,13H2,1-3H3. The van der Waals surface area contributed by atoms with E-state index in [-0.39, 0.29) is 11.9 Å². The van der Waals surface area contributed by atoms with Crippen molar-refractivity contribution >= 4 is 5.91 Å². The van der Waals surface area contributed by atoms with E-state index in [0.717, 1.165) is 32.6 Å². The number of rotatable bonds is 5. The molecule has 1 amide bonds. The fourth-order valence-corrected chi connectivity index (χ4v) is 2.41. The molecule has 0 bridgehead atoms. The van der Waals surface area contributed by atoms with Gasteiger partial charge in [-0.1, -0.05) is 13.8 Å². The number of carbonyl (C=O) groups is 1. The summed E-state index contributed by atoms with van der Waals surface area (Å²) in [5, 5.41) is 0. The molecule has 16 heavy (non-hydrogen) atoms. The Morgan fingerprint density at radius 3 is 2.62 bits per heavy atom. The minimum absolute atomic E-state index is 0.0278. The minimum Gasteiger partial charge on any atom is -0.341 e. The Morgan fingerprint density at radius 2 is 2.12 bits per heavy atom. The number of hydrogen-bond acceptors (Lipinski definition) is 3. The van der Waals surface area contributed by atoms with Crippen LogP contribution in [0.25, 0.3) is 0 Å². The Hall–Kier alpha value is -0.610. The highest BCUT2D eigenvalue weighted by atomic mass is 16.2. The van der Waals surface area contributed by atoms with Crippen molar-refractivity contribution < 1.29 is 4.79 Å². The Balaban J connectivity index is 2.42. The molecule has 1 rings (SSSR count). The van der Waals surface area contributed by atoms with Crippen LogP contribution in [0.1, 0.15) is 33.6 Å². The molecular formula is C12H25N3O. The average Bonchev–Trinajstić information content (AvgIpc) is 2.68. The minimum atomic E-state index is -0.0278. The van der Waals surface area contributed by atoms with Gasteiger partial charge in [-0.15, -0.1) is 0 Å². The first kappa shape index (κ1) is 13.5. The summed E-state index contributed by atoms with van der Waals surface area (Å²) in [6.07, 6.45) is 1.58. The molecule has 4 heteroatoms. The summed E-state index contributed by atoms with van der Waals surface area (Å²) in [4.78, 5) is 16.2. The SMILES string of the molecule is CCN(CC)C1CCN(C(=O)CC(C)N)C1. The molecular weight excluding hydrogens is 202 g/mol. The highest BCUT2D eigenvalue weighted by molar-refractivity contribution is 5.77. The smallest absolute Gasteiger partial charge is 0.224 e. The summed E-state index contributed by atoms with van der Waals surface area (Å²) in [7, 11) is 0. The van der Waals surface area contributed by atoms with Crippen LogP contribution in [0.5, 0.6) is 0 Å². The molecule has 2 N–H and O–H groups in total. The molecule has 0 aromatic heterocycles. The van der Waals surface area contributed by atoms with Crippen LogP contribution in [0.2, 0.25) is 0 Å². The van der Waals surface area contributed by atoms with Crippen LogP contribution in [-0.4, -0.2) is 54.0 Å². The van der Waals surface area contributed by atoms with Crippen LogP contribution in [0.15, 0.2) is 0 Å². The lowest BCUT2D eigenvalue weighted by Crippen LogP contribution is -2.39. The molecule has 0 aromatic rings. The van der Waals surface area contributed by atoms with Crippen molar-refractivity contribution in [3.05, 3.63) is 0 Å². The Morgan fingerprint density at radius 1 is 1.50 bits per heavy atom. The lowest BCUT2D eigenvalue weighted by atomic mass is 10.2. The van der Waals surface area contributed by atoms with Gasteiger partial charge < -0.3 is 10.6 Å². The van der Waals surface area contributed by atoms with Gasteiger partial charge in [-0.05, 0) is 26.4 Å². The molecule has 4 nitrogen and oxygen atoms in total. The van der Waals surface area contributed by atoms with E-state index in [4.69, 9.17) is 5.73 Å². The molecule has 2 unspecified atom stereocenters. The summed E-state index contributed by atoms with van der Waals surface area (Å²) < 4.78 is 0. The van der Waals surface area contributed by atoms with E-state index < -0.39 is 0 Å². The van der Waals surface area contributed by atoms with Crippen molar-refractivity contribution in [3.8, 4) is 0 Å². The van der Waals surface area contributed by atoms with Crippen molar-refractivity contribution in [2.75, 3.05) is 26.2 Å². The van der Waals surface area contributed by atoms with Gasteiger partial charge in [0, 0.05) is 31.6 Å². The Kier molecular flexibility index (Phi) is 5.22. The third kappa shape index (κ3) is 3.46. The van der Waals surface area contributed by atoms with Crippen molar-refractivity contribution in [3.63, 3.8) is 0 Å². The molecule has 0 saturated carbocycles. The van der Waals surface area contributed by atoms with Gasteiger partial charge in [0.15, 0.2) is 0 Å². The van der Waals surface area contributed by atoms with Crippen molar-refractivity contribution in [1.82, 2.24) is 9.80 Å². The summed E-state index contributed by atoms with van der Waals surface area (Å²) in [5.41, 5.74) is 5.65. The second-order valence-electron chi connectivity index (χ2n) is 4.68. The largest absolute Gasteiger partial charge is 0.341 e. The number of nitrogens with zero attached hydrogens (tertiary/aromatic N) is 2. The first-order valence-electron chi connectivity index (χ1n) is 6.35. The zero-order chi connectivity index (χ0) is 12.1. The molecule has 1 heterocycles. The maximum Gasteiger partial charge on any atom is 0.224 e. The van der Waals surface area contributed by atoms with Crippen LogP contribution in [-0.2, 0) is 4.79 Å². The second kappa shape index (κ2) is 6.21. The van der Waals surface area contributed by atoms with Crippen LogP contribution in [0, 0.1) is 0 Å². The summed E-state index contributed by atoms with van der Waals surface area (Å²) in [5.74, 6) is 0.213. The molecule has 0 spiro atoms. The maximum absolute atomic E-state index is 11.8. The number of nitrogens with two attached hydrogens (primary N) is 1. The molecule has 1 aliphatic rings. The third-order valence-electron chi connectivity index (χ3n) is 3.34. The molecule has 1 fully saturated rings. The normalized spacial score (nSPS) is 22.8. The van der Waals surface area contributed by atoms with Gasteiger partial charge in [-0.3, -0.25) is 9.69 Å². The highest BCUT2D eigenvalue weighted by Gasteiger charge is 2.28. The lowest BCUT2D eigenvalue weighted by Gasteiger charge is -2.26. The summed E-state index contributed by atoms with van der Waals surface area (Å²) in [6, 6.07) is 0.520. The predicted molar refractivity (Wildman–Crippen MR) is 66.2 cm³/mol. The number of likely N-dealkylation sites (N-methyl/N-ethyl adjacent to an activating group) is 1. The monoisotopic (exact) mass is 227 g/mol. The average molecular weight is 227 g/mol. The molecule has 1 aliphatic heterocycles. The van der Waals surface area contributed by atoms with E-state index in [1.807, 2.05) is 11.8 Å². The fourth-order valence-electron chi connectivity index (χ4n) is 2.41. The van der Waals surface area contributed by atoms with Gasteiger partial charge >= 0.3 is 0 Å². The van der Waals surface area contributed by atoms with Gasteiger partial charge in [-0.25, -0.2) is 0 Å². The van der Waals surface area contributed by atoms with Gasteiger partial charge in [0.1, 0.15) is 0 Å². The van der Waals surface area contributed by atoms with Gasteiger partial charge in [-0.2, -0.15) is 0 Å². The zero-order valence-corrected chi connectivity index (χ0v) is 10.8. The summed E-state index contributed by atoms with van der Waals surface area (Å²) in [6.45, 7) is 10.1. The van der Waals surface area contributed by atoms with E-state index in [2.05, 4.69) is 18.7 Å². The quantitative estimate of drug-likeness (QED) is 0.751. The van der Waals surface area contributed by atoms with Crippen LogP contribution in [0.4, 0.5) is 0 Å². The topological polar surface area (TPSA) is 49.6 Å². The highest BCUT2D eigenvalue weighted by Crippen LogP contribution is 2.16. The zero-order valence-electron chi connectivity index (χ0n) is 10.8. The molecule has 0 aromatic carbocycles. The van der Waals surface area contributed by atoms with Crippen LogP contribution in [0.3, 0.4) is 0 Å². The van der Waals surface area contributed by atoms with E-state index in [0.29, 0.717) is 12.5 Å². The van der Waals surface area contributed by atoms with E-state index in [9.17, 15) is 4.79 Å². The first-order chi connectivity index (χ1) is 7.58. The number of hydrogen-bond donors (Lipinski definition) is 1. The molecule has 0 radical (unpaired) electrons. The maximum atomic E-state index is 11.8. The molecule has 1 saturated heterocycles. The number of amides is 1. The van der Waals surface area contributed by atoms with E-state index in [1.165, 1.54) is 0 Å².